The third-order valence-electron chi connectivity index (χ3n) is 7.05. The van der Waals surface area contributed by atoms with Gasteiger partial charge in [-0.3, -0.25) is 4.79 Å². The predicted octanol–water partition coefficient (Wildman–Crippen LogP) is 6.46. The van der Waals surface area contributed by atoms with Gasteiger partial charge in [-0.2, -0.15) is 0 Å². The Labute approximate surface area is 155 Å². The van der Waals surface area contributed by atoms with E-state index >= 15 is 0 Å². The number of esters is 1. The molecule has 0 aromatic rings. The number of carbonyl (C=O) groups excluding carboxylic acids is 1. The first-order valence-corrected chi connectivity index (χ1v) is 10.2. The molecule has 3 atom stereocenters. The summed E-state index contributed by atoms with van der Waals surface area (Å²) in [7, 11) is 0. The van der Waals surface area contributed by atoms with Gasteiger partial charge < -0.3 is 4.74 Å². The van der Waals surface area contributed by atoms with Crippen LogP contribution < -0.4 is 0 Å². The van der Waals surface area contributed by atoms with E-state index < -0.39 is 0 Å². The second-order valence-electron chi connectivity index (χ2n) is 9.24. The number of rotatable bonds is 6. The highest BCUT2D eigenvalue weighted by molar-refractivity contribution is 5.71. The molecule has 0 aromatic heterocycles. The van der Waals surface area contributed by atoms with Crippen LogP contribution in [0.25, 0.3) is 0 Å². The van der Waals surface area contributed by atoms with Gasteiger partial charge in [0, 0.05) is 0 Å². The molecule has 0 saturated heterocycles. The van der Waals surface area contributed by atoms with Crippen molar-refractivity contribution >= 4 is 5.97 Å². The van der Waals surface area contributed by atoms with Gasteiger partial charge in [-0.15, -0.1) is 0 Å². The number of allylic oxidation sites excluding steroid dienone is 3. The van der Waals surface area contributed by atoms with Crippen LogP contribution in [0.4, 0.5) is 0 Å². The molecule has 142 valence electrons. The summed E-state index contributed by atoms with van der Waals surface area (Å²) in [5.74, 6) is 1.36. The topological polar surface area (TPSA) is 26.3 Å². The van der Waals surface area contributed by atoms with Crippen LogP contribution >= 0.6 is 0 Å². The summed E-state index contributed by atoms with van der Waals surface area (Å²) in [6.07, 6.45) is 12.6. The first-order valence-electron chi connectivity index (χ1n) is 10.2. The molecule has 0 heterocycles. The summed E-state index contributed by atoms with van der Waals surface area (Å²) in [6, 6.07) is 0. The predicted molar refractivity (Wildman–Crippen MR) is 105 cm³/mol. The summed E-state index contributed by atoms with van der Waals surface area (Å²) in [5.41, 5.74) is 3.80. The molecule has 1 fully saturated rings. The van der Waals surface area contributed by atoms with E-state index in [0.29, 0.717) is 29.8 Å². The molecule has 1 saturated carbocycles. The van der Waals surface area contributed by atoms with Crippen molar-refractivity contribution in [2.24, 2.45) is 22.7 Å². The van der Waals surface area contributed by atoms with Crippen LogP contribution in [0.3, 0.4) is 0 Å². The summed E-state index contributed by atoms with van der Waals surface area (Å²) in [6.45, 7) is 14.3. The van der Waals surface area contributed by atoms with Crippen LogP contribution in [-0.2, 0) is 9.53 Å². The molecule has 0 radical (unpaired) electrons. The maximum atomic E-state index is 11.5. The Morgan fingerprint density at radius 2 is 2.04 bits per heavy atom. The molecule has 0 aromatic carbocycles. The Hall–Kier alpha value is -1.05. The standard InChI is InChI=1S/C23H38O2/c1-7-25-21(24)14-10-17(2)9-12-19-18(3)11-13-20-22(4,5)15-8-16-23(19,20)6/h10-11,19-20H,7-9,12-16H2,1-6H3/b17-10+/t19-,20-,23+/m0/s1. The molecule has 2 heteroatoms. The van der Waals surface area contributed by atoms with Crippen molar-refractivity contribution in [2.45, 2.75) is 86.5 Å². The summed E-state index contributed by atoms with van der Waals surface area (Å²) < 4.78 is 5.02. The van der Waals surface area contributed by atoms with Crippen molar-refractivity contribution in [2.75, 3.05) is 6.61 Å². The van der Waals surface area contributed by atoms with E-state index in [1.165, 1.54) is 37.7 Å². The molecule has 0 bridgehead atoms. The number of hydrogen-bond donors (Lipinski definition) is 0. The Bertz CT molecular complexity index is 540. The third kappa shape index (κ3) is 4.57. The van der Waals surface area contributed by atoms with Gasteiger partial charge in [0.25, 0.3) is 0 Å². The van der Waals surface area contributed by atoms with E-state index in [0.717, 1.165) is 12.3 Å². The fourth-order valence-corrected chi connectivity index (χ4v) is 5.65. The van der Waals surface area contributed by atoms with Crippen molar-refractivity contribution < 1.29 is 9.53 Å². The molecule has 2 aliphatic rings. The third-order valence-corrected chi connectivity index (χ3v) is 7.05. The van der Waals surface area contributed by atoms with Gasteiger partial charge in [0.1, 0.15) is 0 Å². The van der Waals surface area contributed by atoms with Crippen LogP contribution in [0.5, 0.6) is 0 Å². The lowest BCUT2D eigenvalue weighted by Crippen LogP contribution is -2.48. The maximum Gasteiger partial charge on any atom is 0.309 e. The first-order chi connectivity index (χ1) is 11.7. The smallest absolute Gasteiger partial charge is 0.309 e. The van der Waals surface area contributed by atoms with Crippen LogP contribution in [0.1, 0.15) is 86.5 Å². The molecule has 2 aliphatic carbocycles. The summed E-state index contributed by atoms with van der Waals surface area (Å²) in [4.78, 5) is 11.5. The molecule has 0 spiro atoms. The average Bonchev–Trinajstić information content (AvgIpc) is 2.51. The van der Waals surface area contributed by atoms with Gasteiger partial charge >= 0.3 is 5.97 Å². The highest BCUT2D eigenvalue weighted by Gasteiger charge is 2.51. The van der Waals surface area contributed by atoms with Crippen molar-refractivity contribution in [3.8, 4) is 0 Å². The average molecular weight is 347 g/mol. The van der Waals surface area contributed by atoms with E-state index in [4.69, 9.17) is 4.74 Å². The van der Waals surface area contributed by atoms with Gasteiger partial charge in [0.15, 0.2) is 0 Å². The SMILES string of the molecule is CCOC(=O)C/C=C(\C)CC[C@H]1C(C)=CC[C@H]2C(C)(C)CCC[C@]12C. The quantitative estimate of drug-likeness (QED) is 0.407. The van der Waals surface area contributed by atoms with E-state index in [1.807, 2.05) is 6.92 Å². The number of ether oxygens (including phenoxy) is 1. The minimum absolute atomic E-state index is 0.114. The van der Waals surface area contributed by atoms with Crippen LogP contribution in [0.2, 0.25) is 0 Å². The molecule has 0 unspecified atom stereocenters. The second-order valence-corrected chi connectivity index (χ2v) is 9.24. The Morgan fingerprint density at radius 1 is 1.32 bits per heavy atom. The van der Waals surface area contributed by atoms with E-state index in [2.05, 4.69) is 46.8 Å². The molecule has 0 aliphatic heterocycles. The van der Waals surface area contributed by atoms with Crippen molar-refractivity contribution in [3.05, 3.63) is 23.3 Å². The van der Waals surface area contributed by atoms with Crippen LogP contribution in [-0.4, -0.2) is 12.6 Å². The normalized spacial score (nSPS) is 31.9. The lowest BCUT2D eigenvalue weighted by molar-refractivity contribution is -0.142. The number of fused-ring (bicyclic) bond motifs is 1. The molecular formula is C23H38O2. The zero-order valence-electron chi connectivity index (χ0n) is 17.3. The zero-order valence-corrected chi connectivity index (χ0v) is 17.3. The Kier molecular flexibility index (Phi) is 6.56. The van der Waals surface area contributed by atoms with Crippen LogP contribution in [0, 0.1) is 22.7 Å². The highest BCUT2D eigenvalue weighted by atomic mass is 16.5. The Morgan fingerprint density at radius 3 is 2.72 bits per heavy atom. The maximum absolute atomic E-state index is 11.5. The van der Waals surface area contributed by atoms with Gasteiger partial charge in [-0.1, -0.05) is 50.5 Å². The minimum Gasteiger partial charge on any atom is -0.466 e. The summed E-state index contributed by atoms with van der Waals surface area (Å²) in [5, 5.41) is 0. The zero-order chi connectivity index (χ0) is 18.7. The molecule has 25 heavy (non-hydrogen) atoms. The van der Waals surface area contributed by atoms with Gasteiger partial charge in [0.05, 0.1) is 13.0 Å². The number of carbonyl (C=O) groups is 1. The Balaban J connectivity index is 2.04. The fraction of sp³-hybridized carbons (Fsp3) is 0.783. The van der Waals surface area contributed by atoms with Gasteiger partial charge in [0.2, 0.25) is 0 Å². The van der Waals surface area contributed by atoms with E-state index in [-0.39, 0.29) is 5.97 Å². The lowest BCUT2D eigenvalue weighted by Gasteiger charge is -2.57. The highest BCUT2D eigenvalue weighted by Crippen LogP contribution is 2.60. The van der Waals surface area contributed by atoms with E-state index in [1.54, 1.807) is 5.57 Å². The minimum atomic E-state index is -0.114. The van der Waals surface area contributed by atoms with Gasteiger partial charge in [-0.25, -0.2) is 0 Å². The first kappa shape index (κ1) is 20.3. The molecule has 2 nitrogen and oxygen atoms in total. The molecule has 2 rings (SSSR count). The van der Waals surface area contributed by atoms with Crippen molar-refractivity contribution in [1.29, 1.82) is 0 Å². The van der Waals surface area contributed by atoms with Crippen molar-refractivity contribution in [3.63, 3.8) is 0 Å². The van der Waals surface area contributed by atoms with E-state index in [9.17, 15) is 4.79 Å². The van der Waals surface area contributed by atoms with Crippen LogP contribution in [0.15, 0.2) is 23.3 Å². The fourth-order valence-electron chi connectivity index (χ4n) is 5.65. The largest absolute Gasteiger partial charge is 0.466 e. The van der Waals surface area contributed by atoms with Crippen molar-refractivity contribution in [1.82, 2.24) is 0 Å². The summed E-state index contributed by atoms with van der Waals surface area (Å²) >= 11 is 0. The molecular weight excluding hydrogens is 308 g/mol. The second kappa shape index (κ2) is 8.10. The molecule has 0 N–H and O–H groups in total. The monoisotopic (exact) mass is 346 g/mol. The molecule has 0 amide bonds. The lowest BCUT2D eigenvalue weighted by atomic mass is 9.48. The van der Waals surface area contributed by atoms with Gasteiger partial charge in [-0.05, 0) is 75.5 Å². The number of hydrogen-bond acceptors (Lipinski definition) is 2.